The van der Waals surface area contributed by atoms with E-state index in [1.54, 1.807) is 11.8 Å². The van der Waals surface area contributed by atoms with E-state index in [-0.39, 0.29) is 6.04 Å². The molecular weight excluding hydrogens is 262 g/mol. The van der Waals surface area contributed by atoms with Gasteiger partial charge in [-0.2, -0.15) is 0 Å². The van der Waals surface area contributed by atoms with Gasteiger partial charge in [0.25, 0.3) is 0 Å². The number of hydrogen-bond acceptors (Lipinski definition) is 2. The fourth-order valence-corrected chi connectivity index (χ4v) is 2.83. The fraction of sp³-hybridized carbons (Fsp3) is 0.200. The highest BCUT2D eigenvalue weighted by molar-refractivity contribution is 7.99. The molecule has 0 amide bonds. The van der Waals surface area contributed by atoms with Crippen LogP contribution in [0.1, 0.15) is 12.5 Å². The van der Waals surface area contributed by atoms with Gasteiger partial charge in [-0.05, 0) is 49.2 Å². The van der Waals surface area contributed by atoms with Crippen molar-refractivity contribution < 1.29 is 0 Å². The van der Waals surface area contributed by atoms with Crippen molar-refractivity contribution in [1.82, 2.24) is 0 Å². The van der Waals surface area contributed by atoms with E-state index in [9.17, 15) is 0 Å². The molecule has 94 valence electrons. The summed E-state index contributed by atoms with van der Waals surface area (Å²) < 4.78 is 0. The lowest BCUT2D eigenvalue weighted by Gasteiger charge is -2.11. The largest absolute Gasteiger partial charge is 0.328 e. The fourth-order valence-electron chi connectivity index (χ4n) is 1.75. The Labute approximate surface area is 117 Å². The molecule has 0 fully saturated rings. The number of benzene rings is 2. The van der Waals surface area contributed by atoms with Crippen molar-refractivity contribution in [3.8, 4) is 0 Å². The predicted octanol–water partition coefficient (Wildman–Crippen LogP) is 4.38. The Morgan fingerprint density at radius 1 is 1.11 bits per heavy atom. The maximum absolute atomic E-state index is 5.89. The van der Waals surface area contributed by atoms with Gasteiger partial charge in [0.15, 0.2) is 0 Å². The number of halogens is 1. The first-order valence-corrected chi connectivity index (χ1v) is 7.11. The van der Waals surface area contributed by atoms with Crippen LogP contribution < -0.4 is 5.73 Å². The van der Waals surface area contributed by atoms with Crippen molar-refractivity contribution in [3.05, 3.63) is 59.1 Å². The van der Waals surface area contributed by atoms with Gasteiger partial charge in [0, 0.05) is 20.9 Å². The van der Waals surface area contributed by atoms with Crippen LogP contribution in [0.3, 0.4) is 0 Å². The van der Waals surface area contributed by atoms with E-state index in [2.05, 4.69) is 24.3 Å². The van der Waals surface area contributed by atoms with Crippen LogP contribution in [-0.2, 0) is 6.42 Å². The average Bonchev–Trinajstić information content (AvgIpc) is 2.34. The van der Waals surface area contributed by atoms with Gasteiger partial charge < -0.3 is 5.73 Å². The van der Waals surface area contributed by atoms with E-state index in [1.807, 2.05) is 31.2 Å². The Bertz CT molecular complexity index is 508. The molecule has 0 saturated heterocycles. The van der Waals surface area contributed by atoms with Crippen LogP contribution in [-0.4, -0.2) is 6.04 Å². The molecule has 3 heteroatoms. The highest BCUT2D eigenvalue weighted by atomic mass is 35.5. The summed E-state index contributed by atoms with van der Waals surface area (Å²) in [5, 5.41) is 0.767. The minimum atomic E-state index is 0.178. The second kappa shape index (κ2) is 6.28. The minimum Gasteiger partial charge on any atom is -0.328 e. The molecule has 0 aliphatic carbocycles. The molecule has 1 unspecified atom stereocenters. The average molecular weight is 278 g/mol. The lowest BCUT2D eigenvalue weighted by atomic mass is 10.1. The van der Waals surface area contributed by atoms with E-state index in [1.165, 1.54) is 15.4 Å². The van der Waals surface area contributed by atoms with Gasteiger partial charge >= 0.3 is 0 Å². The first-order valence-electron chi connectivity index (χ1n) is 5.92. The van der Waals surface area contributed by atoms with Crippen molar-refractivity contribution in [2.45, 2.75) is 29.2 Å². The lowest BCUT2D eigenvalue weighted by molar-refractivity contribution is 0.729. The topological polar surface area (TPSA) is 26.0 Å². The highest BCUT2D eigenvalue weighted by Crippen LogP contribution is 2.31. The molecule has 1 nitrogen and oxygen atoms in total. The zero-order valence-electron chi connectivity index (χ0n) is 10.3. The van der Waals surface area contributed by atoms with E-state index in [0.717, 1.165) is 11.4 Å². The van der Waals surface area contributed by atoms with Crippen LogP contribution in [0.2, 0.25) is 5.02 Å². The van der Waals surface area contributed by atoms with Crippen LogP contribution in [0.4, 0.5) is 0 Å². The summed E-state index contributed by atoms with van der Waals surface area (Å²) in [5.74, 6) is 0. The predicted molar refractivity (Wildman–Crippen MR) is 79.4 cm³/mol. The standard InChI is InChI=1S/C15H16ClNS/c1-11(17)10-12-4-2-3-5-15(12)18-14-8-6-13(16)7-9-14/h2-9,11H,10,17H2,1H3. The third-order valence-corrected chi connectivity index (χ3v) is 3.93. The van der Waals surface area contributed by atoms with Crippen LogP contribution in [0.5, 0.6) is 0 Å². The molecule has 2 rings (SSSR count). The van der Waals surface area contributed by atoms with E-state index < -0.39 is 0 Å². The first kappa shape index (κ1) is 13.5. The molecule has 0 spiro atoms. The third kappa shape index (κ3) is 3.77. The second-order valence-corrected chi connectivity index (χ2v) is 5.90. The summed E-state index contributed by atoms with van der Waals surface area (Å²) >= 11 is 7.64. The maximum Gasteiger partial charge on any atom is 0.0406 e. The normalized spacial score (nSPS) is 12.4. The zero-order chi connectivity index (χ0) is 13.0. The van der Waals surface area contributed by atoms with Crippen LogP contribution in [0, 0.1) is 0 Å². The van der Waals surface area contributed by atoms with Gasteiger partial charge in [-0.25, -0.2) is 0 Å². The van der Waals surface area contributed by atoms with Crippen LogP contribution in [0.15, 0.2) is 58.3 Å². The summed E-state index contributed by atoms with van der Waals surface area (Å²) in [7, 11) is 0. The van der Waals surface area contributed by atoms with Gasteiger partial charge in [0.2, 0.25) is 0 Å². The van der Waals surface area contributed by atoms with Crippen molar-refractivity contribution in [2.75, 3.05) is 0 Å². The quantitative estimate of drug-likeness (QED) is 0.897. The Balaban J connectivity index is 2.20. The van der Waals surface area contributed by atoms with Gasteiger partial charge in [-0.3, -0.25) is 0 Å². The molecule has 2 aromatic rings. The Morgan fingerprint density at radius 2 is 1.78 bits per heavy atom. The molecule has 0 bridgehead atoms. The van der Waals surface area contributed by atoms with Crippen LogP contribution in [0.25, 0.3) is 0 Å². The van der Waals surface area contributed by atoms with Crippen molar-refractivity contribution in [3.63, 3.8) is 0 Å². The smallest absolute Gasteiger partial charge is 0.0406 e. The summed E-state index contributed by atoms with van der Waals surface area (Å²) in [5.41, 5.74) is 7.18. The van der Waals surface area contributed by atoms with Gasteiger partial charge in [-0.1, -0.05) is 41.6 Å². The summed E-state index contributed by atoms with van der Waals surface area (Å²) in [6, 6.07) is 16.5. The molecule has 18 heavy (non-hydrogen) atoms. The van der Waals surface area contributed by atoms with E-state index in [0.29, 0.717) is 0 Å². The van der Waals surface area contributed by atoms with Gasteiger partial charge in [-0.15, -0.1) is 0 Å². The third-order valence-electron chi connectivity index (χ3n) is 2.56. The molecule has 0 aromatic heterocycles. The summed E-state index contributed by atoms with van der Waals surface area (Å²) in [6.07, 6.45) is 0.900. The molecule has 2 N–H and O–H groups in total. The monoisotopic (exact) mass is 277 g/mol. The number of hydrogen-bond donors (Lipinski definition) is 1. The number of nitrogens with two attached hydrogens (primary N) is 1. The molecule has 2 aromatic carbocycles. The first-order chi connectivity index (χ1) is 8.65. The van der Waals surface area contributed by atoms with Gasteiger partial charge in [0.05, 0.1) is 0 Å². The molecular formula is C15H16ClNS. The van der Waals surface area contributed by atoms with E-state index >= 15 is 0 Å². The molecule has 0 radical (unpaired) electrons. The second-order valence-electron chi connectivity index (χ2n) is 4.35. The maximum atomic E-state index is 5.89. The minimum absolute atomic E-state index is 0.178. The Kier molecular flexibility index (Phi) is 4.70. The van der Waals surface area contributed by atoms with Crippen molar-refractivity contribution in [2.24, 2.45) is 5.73 Å². The zero-order valence-corrected chi connectivity index (χ0v) is 11.8. The summed E-state index contributed by atoms with van der Waals surface area (Å²) in [4.78, 5) is 2.45. The number of rotatable bonds is 4. The van der Waals surface area contributed by atoms with Crippen molar-refractivity contribution >= 4 is 23.4 Å². The van der Waals surface area contributed by atoms with Crippen LogP contribution >= 0.6 is 23.4 Å². The molecule has 1 atom stereocenters. The molecule has 0 saturated carbocycles. The van der Waals surface area contributed by atoms with Crippen molar-refractivity contribution in [1.29, 1.82) is 0 Å². The molecule has 0 aliphatic rings. The Morgan fingerprint density at radius 3 is 2.44 bits per heavy atom. The summed E-state index contributed by atoms with van der Waals surface area (Å²) in [6.45, 7) is 2.03. The molecule has 0 heterocycles. The SMILES string of the molecule is CC(N)Cc1ccccc1Sc1ccc(Cl)cc1. The Hall–Kier alpha value is -0.960. The molecule has 0 aliphatic heterocycles. The van der Waals surface area contributed by atoms with E-state index in [4.69, 9.17) is 17.3 Å². The van der Waals surface area contributed by atoms with Gasteiger partial charge in [0.1, 0.15) is 0 Å². The lowest BCUT2D eigenvalue weighted by Crippen LogP contribution is -2.18. The highest BCUT2D eigenvalue weighted by Gasteiger charge is 2.06.